The lowest BCUT2D eigenvalue weighted by Crippen LogP contribution is -2.33. The van der Waals surface area contributed by atoms with E-state index in [0.29, 0.717) is 31.0 Å². The molecule has 0 bridgehead atoms. The Kier molecular flexibility index (Phi) is 4.09. The summed E-state index contributed by atoms with van der Waals surface area (Å²) >= 11 is 0. The van der Waals surface area contributed by atoms with E-state index in [-0.39, 0.29) is 18.8 Å². The van der Waals surface area contributed by atoms with Crippen LogP contribution in [0.1, 0.15) is 63.6 Å². The molecule has 114 valence electrons. The molecule has 1 aliphatic rings. The van der Waals surface area contributed by atoms with Crippen LogP contribution in [0.5, 0.6) is 0 Å². The van der Waals surface area contributed by atoms with Gasteiger partial charge < -0.3 is 10.3 Å². The van der Waals surface area contributed by atoms with E-state index in [4.69, 9.17) is 10.3 Å². The largest absolute Gasteiger partial charge is 0.391 e. The smallest absolute Gasteiger partial charge is 0.339 e. The molecule has 0 radical (unpaired) electrons. The Hall–Kier alpha value is -1.11. The normalized spacial score (nSPS) is 27.3. The van der Waals surface area contributed by atoms with Gasteiger partial charge in [-0.2, -0.15) is 18.2 Å². The van der Waals surface area contributed by atoms with Gasteiger partial charge in [-0.1, -0.05) is 12.1 Å². The van der Waals surface area contributed by atoms with Gasteiger partial charge in [-0.15, -0.1) is 0 Å². The summed E-state index contributed by atoms with van der Waals surface area (Å²) in [7, 11) is 0. The second kappa shape index (κ2) is 5.35. The van der Waals surface area contributed by atoms with Crippen molar-refractivity contribution < 1.29 is 17.7 Å². The molecule has 2 N–H and O–H groups in total. The Balaban J connectivity index is 2.01. The maximum absolute atomic E-state index is 12.6. The molecule has 4 nitrogen and oxygen atoms in total. The number of rotatable bonds is 3. The Morgan fingerprint density at radius 2 is 1.85 bits per heavy atom. The van der Waals surface area contributed by atoms with Crippen molar-refractivity contribution in [2.75, 3.05) is 0 Å². The van der Waals surface area contributed by atoms with Crippen LogP contribution in [0.15, 0.2) is 4.52 Å². The van der Waals surface area contributed by atoms with E-state index < -0.39 is 17.6 Å². The molecule has 0 aromatic carbocycles. The zero-order valence-electron chi connectivity index (χ0n) is 11.7. The lowest BCUT2D eigenvalue weighted by atomic mass is 9.81. The molecular formula is C13H20F3N3O. The summed E-state index contributed by atoms with van der Waals surface area (Å²) in [5.41, 5.74) is 5.36. The van der Waals surface area contributed by atoms with Crippen LogP contribution >= 0.6 is 0 Å². The first-order chi connectivity index (χ1) is 9.24. The predicted molar refractivity (Wildman–Crippen MR) is 66.9 cm³/mol. The molecule has 0 aliphatic heterocycles. The Bertz CT molecular complexity index is 448. The first-order valence-electron chi connectivity index (χ1n) is 6.93. The topological polar surface area (TPSA) is 64.9 Å². The molecule has 0 spiro atoms. The first kappa shape index (κ1) is 15.3. The molecule has 0 amide bonds. The molecule has 1 unspecified atom stereocenters. The Labute approximate surface area is 115 Å². The van der Waals surface area contributed by atoms with Crippen molar-refractivity contribution in [3.8, 4) is 0 Å². The summed E-state index contributed by atoms with van der Waals surface area (Å²) in [5, 5.41) is 3.87. The summed E-state index contributed by atoms with van der Waals surface area (Å²) in [4.78, 5) is 4.28. The highest BCUT2D eigenvalue weighted by Crippen LogP contribution is 2.42. The van der Waals surface area contributed by atoms with Gasteiger partial charge in [-0.25, -0.2) is 0 Å². The second-order valence-corrected chi connectivity index (χ2v) is 5.82. The minimum Gasteiger partial charge on any atom is -0.339 e. The fourth-order valence-corrected chi connectivity index (χ4v) is 2.46. The zero-order chi connectivity index (χ0) is 15.0. The average Bonchev–Trinajstić information content (AvgIpc) is 2.88. The summed E-state index contributed by atoms with van der Waals surface area (Å²) < 4.78 is 43.0. The van der Waals surface area contributed by atoms with Crippen molar-refractivity contribution in [1.29, 1.82) is 0 Å². The van der Waals surface area contributed by atoms with E-state index in [1.165, 1.54) is 0 Å². The van der Waals surface area contributed by atoms with Crippen LogP contribution in [0, 0.1) is 5.92 Å². The van der Waals surface area contributed by atoms with Crippen LogP contribution in [0.25, 0.3) is 0 Å². The minimum absolute atomic E-state index is 0.0810. The van der Waals surface area contributed by atoms with Crippen molar-refractivity contribution in [3.63, 3.8) is 0 Å². The van der Waals surface area contributed by atoms with Crippen molar-refractivity contribution in [1.82, 2.24) is 10.1 Å². The van der Waals surface area contributed by atoms with Gasteiger partial charge in [0.05, 0.1) is 11.5 Å². The fraction of sp³-hybridized carbons (Fsp3) is 0.846. The summed E-state index contributed by atoms with van der Waals surface area (Å²) in [6, 6.07) is 0. The average molecular weight is 291 g/mol. The SMILES string of the molecule is CCC(C)(N)c1noc(C2CCC(C(F)(F)F)CC2)n1. The predicted octanol–water partition coefficient (Wildman–Crippen LogP) is 3.49. The van der Waals surface area contributed by atoms with E-state index in [1.54, 1.807) is 0 Å². The number of nitrogens with two attached hydrogens (primary N) is 1. The minimum atomic E-state index is -4.09. The van der Waals surface area contributed by atoms with Crippen LogP contribution in [0.3, 0.4) is 0 Å². The Morgan fingerprint density at radius 3 is 2.35 bits per heavy atom. The number of alkyl halides is 3. The molecule has 2 rings (SSSR count). The van der Waals surface area contributed by atoms with Crippen LogP contribution in [-0.4, -0.2) is 16.3 Å². The second-order valence-electron chi connectivity index (χ2n) is 5.82. The molecular weight excluding hydrogens is 271 g/mol. The number of halogens is 3. The zero-order valence-corrected chi connectivity index (χ0v) is 11.7. The summed E-state index contributed by atoms with van der Waals surface area (Å²) in [5.74, 6) is -0.433. The summed E-state index contributed by atoms with van der Waals surface area (Å²) in [6.45, 7) is 3.73. The van der Waals surface area contributed by atoms with Crippen LogP contribution < -0.4 is 5.73 Å². The van der Waals surface area contributed by atoms with Gasteiger partial charge in [-0.3, -0.25) is 0 Å². The van der Waals surface area contributed by atoms with Gasteiger partial charge in [0.15, 0.2) is 5.82 Å². The van der Waals surface area contributed by atoms with Gasteiger partial charge in [-0.05, 0) is 39.0 Å². The van der Waals surface area contributed by atoms with Crippen molar-refractivity contribution >= 4 is 0 Å². The van der Waals surface area contributed by atoms with Gasteiger partial charge in [0.1, 0.15) is 0 Å². The molecule has 1 fully saturated rings. The van der Waals surface area contributed by atoms with Gasteiger partial charge >= 0.3 is 6.18 Å². The van der Waals surface area contributed by atoms with Gasteiger partial charge in [0.25, 0.3) is 0 Å². The molecule has 20 heavy (non-hydrogen) atoms. The molecule has 1 aliphatic carbocycles. The first-order valence-corrected chi connectivity index (χ1v) is 6.93. The van der Waals surface area contributed by atoms with Crippen molar-refractivity contribution in [2.24, 2.45) is 11.7 Å². The number of hydrogen-bond acceptors (Lipinski definition) is 4. The molecule has 7 heteroatoms. The number of hydrogen-bond donors (Lipinski definition) is 1. The number of nitrogens with zero attached hydrogens (tertiary/aromatic N) is 2. The van der Waals surface area contributed by atoms with E-state index in [1.807, 2.05) is 13.8 Å². The lowest BCUT2D eigenvalue weighted by Gasteiger charge is -2.27. The third-order valence-electron chi connectivity index (χ3n) is 4.23. The fourth-order valence-electron chi connectivity index (χ4n) is 2.46. The third-order valence-corrected chi connectivity index (χ3v) is 4.23. The Morgan fingerprint density at radius 1 is 1.25 bits per heavy atom. The maximum Gasteiger partial charge on any atom is 0.391 e. The molecule has 1 atom stereocenters. The molecule has 1 heterocycles. The quantitative estimate of drug-likeness (QED) is 0.925. The third kappa shape index (κ3) is 3.13. The molecule has 0 saturated heterocycles. The van der Waals surface area contributed by atoms with Crippen molar-refractivity contribution in [2.45, 2.75) is 63.6 Å². The highest BCUT2D eigenvalue weighted by molar-refractivity contribution is 5.04. The van der Waals surface area contributed by atoms with E-state index in [2.05, 4.69) is 10.1 Å². The van der Waals surface area contributed by atoms with Crippen molar-refractivity contribution in [3.05, 3.63) is 11.7 Å². The highest BCUT2D eigenvalue weighted by Gasteiger charge is 2.42. The standard InChI is InChI=1S/C13H20F3N3O/c1-3-12(2,17)11-18-10(20-19-11)8-4-6-9(7-5-8)13(14,15)16/h8-9H,3-7,17H2,1-2H3. The van der Waals surface area contributed by atoms with Crippen LogP contribution in [0.4, 0.5) is 13.2 Å². The summed E-state index contributed by atoms with van der Waals surface area (Å²) in [6.07, 6.45) is -2.33. The van der Waals surface area contributed by atoms with Gasteiger partial charge in [0.2, 0.25) is 5.89 Å². The molecule has 1 saturated carbocycles. The monoisotopic (exact) mass is 291 g/mol. The molecule has 1 aromatic heterocycles. The number of aromatic nitrogens is 2. The van der Waals surface area contributed by atoms with Crippen LogP contribution in [0.2, 0.25) is 0 Å². The maximum atomic E-state index is 12.6. The highest BCUT2D eigenvalue weighted by atomic mass is 19.4. The van der Waals surface area contributed by atoms with E-state index in [0.717, 1.165) is 0 Å². The van der Waals surface area contributed by atoms with Crippen LogP contribution in [-0.2, 0) is 5.54 Å². The van der Waals surface area contributed by atoms with Gasteiger partial charge in [0, 0.05) is 5.92 Å². The van der Waals surface area contributed by atoms with E-state index >= 15 is 0 Å². The molecule has 1 aromatic rings. The van der Waals surface area contributed by atoms with E-state index in [9.17, 15) is 13.2 Å². The lowest BCUT2D eigenvalue weighted by molar-refractivity contribution is -0.182.